The van der Waals surface area contributed by atoms with E-state index in [0.29, 0.717) is 41.3 Å². The van der Waals surface area contributed by atoms with Gasteiger partial charge in [0, 0.05) is 37.3 Å². The van der Waals surface area contributed by atoms with Crippen molar-refractivity contribution >= 4 is 29.2 Å². The number of guanidine groups is 1. The molecule has 0 aliphatic heterocycles. The molecule has 0 saturated carbocycles. The second-order valence-electron chi connectivity index (χ2n) is 5.91. The molecule has 0 radical (unpaired) electrons. The number of aliphatic imine (C=N–C) groups is 1. The normalized spacial score (nSPS) is 12.9. The number of aryl methyl sites for hydroxylation is 1. The molecule has 3 N–H and O–H groups in total. The van der Waals surface area contributed by atoms with Crippen LogP contribution in [0.1, 0.15) is 23.3 Å². The van der Waals surface area contributed by atoms with Crippen LogP contribution >= 0.6 is 23.2 Å². The van der Waals surface area contributed by atoms with Crippen molar-refractivity contribution in [3.8, 4) is 0 Å². The Hall–Kier alpha value is -1.87. The summed E-state index contributed by atoms with van der Waals surface area (Å²) < 4.78 is 6.92. The monoisotopic (exact) mass is 414 g/mol. The lowest BCUT2D eigenvalue weighted by atomic mass is 10.1. The summed E-state index contributed by atoms with van der Waals surface area (Å²) in [7, 11) is 3.51. The summed E-state index contributed by atoms with van der Waals surface area (Å²) in [5.74, 6) is 2.08. The van der Waals surface area contributed by atoms with Crippen LogP contribution in [0.3, 0.4) is 0 Å². The lowest BCUT2D eigenvalue weighted by Crippen LogP contribution is -2.41. The SMILES string of the molecule is COCCNC(=NCc1nnc(C)n1C)NCC(O)c1cc(Cl)cc(Cl)c1. The molecule has 0 saturated heterocycles. The summed E-state index contributed by atoms with van der Waals surface area (Å²) in [6.45, 7) is 3.55. The molecule has 148 valence electrons. The van der Waals surface area contributed by atoms with Crippen molar-refractivity contribution < 1.29 is 9.84 Å². The Kier molecular flexibility index (Phi) is 8.30. The fourth-order valence-corrected chi connectivity index (χ4v) is 2.81. The Morgan fingerprint density at radius 1 is 1.26 bits per heavy atom. The maximum Gasteiger partial charge on any atom is 0.191 e. The fourth-order valence-electron chi connectivity index (χ4n) is 2.26. The van der Waals surface area contributed by atoms with Gasteiger partial charge >= 0.3 is 0 Å². The molecular formula is C17H24Cl2N6O2. The van der Waals surface area contributed by atoms with Gasteiger partial charge in [0.05, 0.1) is 12.7 Å². The predicted octanol–water partition coefficient (Wildman–Crippen LogP) is 1.85. The smallest absolute Gasteiger partial charge is 0.191 e. The molecule has 1 atom stereocenters. The van der Waals surface area contributed by atoms with E-state index in [1.165, 1.54) is 0 Å². The van der Waals surface area contributed by atoms with E-state index in [2.05, 4.69) is 25.8 Å². The number of aromatic nitrogens is 3. The van der Waals surface area contributed by atoms with Gasteiger partial charge < -0.3 is 25.0 Å². The van der Waals surface area contributed by atoms with Gasteiger partial charge in [-0.25, -0.2) is 4.99 Å². The summed E-state index contributed by atoms with van der Waals surface area (Å²) >= 11 is 12.0. The number of aliphatic hydroxyl groups is 1. The van der Waals surface area contributed by atoms with Crippen LogP contribution in [-0.4, -0.2) is 52.6 Å². The zero-order chi connectivity index (χ0) is 19.8. The summed E-state index contributed by atoms with van der Waals surface area (Å²) in [5.41, 5.74) is 0.625. The molecule has 0 fully saturated rings. The quantitative estimate of drug-likeness (QED) is 0.346. The minimum absolute atomic E-state index is 0.229. The highest BCUT2D eigenvalue weighted by molar-refractivity contribution is 6.34. The number of aliphatic hydroxyl groups excluding tert-OH is 1. The molecule has 10 heteroatoms. The second kappa shape index (κ2) is 10.5. The van der Waals surface area contributed by atoms with Gasteiger partial charge in [-0.3, -0.25) is 0 Å². The first-order chi connectivity index (χ1) is 12.9. The van der Waals surface area contributed by atoms with Gasteiger partial charge in [-0.15, -0.1) is 10.2 Å². The average molecular weight is 415 g/mol. The molecule has 0 aliphatic rings. The van der Waals surface area contributed by atoms with Crippen molar-refractivity contribution in [3.05, 3.63) is 45.5 Å². The molecule has 1 unspecified atom stereocenters. The number of hydrogen-bond acceptors (Lipinski definition) is 5. The molecule has 0 bridgehead atoms. The van der Waals surface area contributed by atoms with Gasteiger partial charge in [0.2, 0.25) is 0 Å². The number of methoxy groups -OCH3 is 1. The van der Waals surface area contributed by atoms with E-state index < -0.39 is 6.10 Å². The van der Waals surface area contributed by atoms with Crippen LogP contribution in [0.5, 0.6) is 0 Å². The summed E-state index contributed by atoms with van der Waals surface area (Å²) in [6, 6.07) is 4.98. The first-order valence-electron chi connectivity index (χ1n) is 8.40. The third kappa shape index (κ3) is 6.66. The number of nitrogens with zero attached hydrogens (tertiary/aromatic N) is 4. The molecule has 1 heterocycles. The van der Waals surface area contributed by atoms with E-state index in [1.54, 1.807) is 25.3 Å². The molecule has 1 aromatic carbocycles. The van der Waals surface area contributed by atoms with Crippen LogP contribution in [0.2, 0.25) is 10.0 Å². The number of hydrogen-bond donors (Lipinski definition) is 3. The minimum atomic E-state index is -0.798. The Labute approximate surface area is 168 Å². The number of ether oxygens (including phenoxy) is 1. The number of nitrogens with one attached hydrogen (secondary N) is 2. The standard InChI is InChI=1S/C17H24Cl2N6O2/c1-11-23-24-16(25(11)2)10-22-17(20-4-5-27-3)21-9-15(26)12-6-13(18)8-14(19)7-12/h6-8,15,26H,4-5,9-10H2,1-3H3,(H2,20,21,22). The third-order valence-electron chi connectivity index (χ3n) is 3.89. The maximum atomic E-state index is 10.4. The van der Waals surface area contributed by atoms with E-state index in [0.717, 1.165) is 11.6 Å². The Morgan fingerprint density at radius 3 is 2.56 bits per heavy atom. The highest BCUT2D eigenvalue weighted by atomic mass is 35.5. The average Bonchev–Trinajstić information content (AvgIpc) is 2.94. The Morgan fingerprint density at radius 2 is 1.96 bits per heavy atom. The lowest BCUT2D eigenvalue weighted by Gasteiger charge is -2.16. The highest BCUT2D eigenvalue weighted by Gasteiger charge is 2.11. The van der Waals surface area contributed by atoms with Crippen molar-refractivity contribution in [2.45, 2.75) is 19.6 Å². The second-order valence-corrected chi connectivity index (χ2v) is 6.78. The first kappa shape index (κ1) is 21.4. The van der Waals surface area contributed by atoms with Crippen molar-refractivity contribution in [3.63, 3.8) is 0 Å². The third-order valence-corrected chi connectivity index (χ3v) is 4.33. The molecule has 2 rings (SSSR count). The van der Waals surface area contributed by atoms with Crippen LogP contribution in [0.4, 0.5) is 0 Å². The summed E-state index contributed by atoms with van der Waals surface area (Å²) in [5, 5.41) is 25.7. The first-order valence-corrected chi connectivity index (χ1v) is 9.16. The van der Waals surface area contributed by atoms with Crippen LogP contribution in [0, 0.1) is 6.92 Å². The van der Waals surface area contributed by atoms with Gasteiger partial charge in [-0.05, 0) is 30.7 Å². The van der Waals surface area contributed by atoms with Crippen molar-refractivity contribution in [1.29, 1.82) is 0 Å². The van der Waals surface area contributed by atoms with Crippen LogP contribution < -0.4 is 10.6 Å². The molecule has 0 aliphatic carbocycles. The van der Waals surface area contributed by atoms with E-state index in [9.17, 15) is 5.11 Å². The molecule has 1 aromatic heterocycles. The topological polar surface area (TPSA) is 96.6 Å². The van der Waals surface area contributed by atoms with E-state index in [4.69, 9.17) is 27.9 Å². The summed E-state index contributed by atoms with van der Waals surface area (Å²) in [6.07, 6.45) is -0.798. The van der Waals surface area contributed by atoms with Crippen molar-refractivity contribution in [2.75, 3.05) is 26.8 Å². The van der Waals surface area contributed by atoms with Gasteiger partial charge in [-0.2, -0.15) is 0 Å². The minimum Gasteiger partial charge on any atom is -0.387 e. The zero-order valence-corrected chi connectivity index (χ0v) is 17.0. The predicted molar refractivity (Wildman–Crippen MR) is 106 cm³/mol. The van der Waals surface area contributed by atoms with Gasteiger partial charge in [0.1, 0.15) is 12.4 Å². The van der Waals surface area contributed by atoms with Gasteiger partial charge in [0.25, 0.3) is 0 Å². The molecule has 0 spiro atoms. The van der Waals surface area contributed by atoms with E-state index in [1.807, 2.05) is 18.5 Å². The lowest BCUT2D eigenvalue weighted by molar-refractivity contribution is 0.180. The van der Waals surface area contributed by atoms with Gasteiger partial charge in [-0.1, -0.05) is 23.2 Å². The summed E-state index contributed by atoms with van der Waals surface area (Å²) in [4.78, 5) is 4.49. The Bertz CT molecular complexity index is 761. The van der Waals surface area contributed by atoms with Crippen LogP contribution in [-0.2, 0) is 18.3 Å². The highest BCUT2D eigenvalue weighted by Crippen LogP contribution is 2.23. The maximum absolute atomic E-state index is 10.4. The number of rotatable bonds is 8. The van der Waals surface area contributed by atoms with E-state index in [-0.39, 0.29) is 6.54 Å². The van der Waals surface area contributed by atoms with Crippen molar-refractivity contribution in [2.24, 2.45) is 12.0 Å². The Balaban J connectivity index is 2.02. The van der Waals surface area contributed by atoms with Gasteiger partial charge in [0.15, 0.2) is 11.8 Å². The molecular weight excluding hydrogens is 391 g/mol. The molecule has 0 amide bonds. The van der Waals surface area contributed by atoms with Crippen molar-refractivity contribution in [1.82, 2.24) is 25.4 Å². The van der Waals surface area contributed by atoms with Crippen LogP contribution in [0.15, 0.2) is 23.2 Å². The largest absolute Gasteiger partial charge is 0.387 e. The molecule has 2 aromatic rings. The number of halogens is 2. The number of benzene rings is 1. The fraction of sp³-hybridized carbons (Fsp3) is 0.471. The van der Waals surface area contributed by atoms with Crippen LogP contribution in [0.25, 0.3) is 0 Å². The zero-order valence-electron chi connectivity index (χ0n) is 15.5. The molecule has 27 heavy (non-hydrogen) atoms. The molecule has 8 nitrogen and oxygen atoms in total. The van der Waals surface area contributed by atoms with E-state index >= 15 is 0 Å².